The summed E-state index contributed by atoms with van der Waals surface area (Å²) in [4.78, 5) is 12.6. The topological polar surface area (TPSA) is 78.8 Å². The maximum Gasteiger partial charge on any atom is 0.264 e. The number of hydrazone groups is 1. The molecular formula is C22H19ClFN3O3S. The number of nitrogens with zero attached hydrogens (tertiary/aromatic N) is 2. The number of benzene rings is 3. The minimum Gasteiger partial charge on any atom is -0.271 e. The monoisotopic (exact) mass is 459 g/mol. The maximum absolute atomic E-state index is 13.2. The summed E-state index contributed by atoms with van der Waals surface area (Å²) in [5.41, 5.74) is 3.65. The Bertz CT molecular complexity index is 1200. The fourth-order valence-electron chi connectivity index (χ4n) is 2.73. The lowest BCUT2D eigenvalue weighted by atomic mass is 10.1. The highest BCUT2D eigenvalue weighted by Crippen LogP contribution is 2.25. The van der Waals surface area contributed by atoms with Gasteiger partial charge in [0, 0.05) is 5.02 Å². The number of hydrogen-bond donors (Lipinski definition) is 1. The van der Waals surface area contributed by atoms with E-state index in [2.05, 4.69) is 10.5 Å². The van der Waals surface area contributed by atoms with E-state index in [0.29, 0.717) is 16.3 Å². The largest absolute Gasteiger partial charge is 0.271 e. The fourth-order valence-corrected chi connectivity index (χ4v) is 4.35. The van der Waals surface area contributed by atoms with Crippen LogP contribution in [0, 0.1) is 5.82 Å². The van der Waals surface area contributed by atoms with Gasteiger partial charge in [0.05, 0.1) is 16.3 Å². The van der Waals surface area contributed by atoms with Crippen molar-refractivity contribution in [3.8, 4) is 0 Å². The van der Waals surface area contributed by atoms with Crippen molar-refractivity contribution >= 4 is 38.9 Å². The van der Waals surface area contributed by atoms with E-state index < -0.39 is 22.5 Å². The standard InChI is InChI=1S/C22H19ClFN3O3S/c1-16(17-10-12-19(24)13-11-17)25-26-22(28)15-27(20-7-5-6-18(23)14-20)31(29,30)21-8-3-2-4-9-21/h2-14H,15H2,1H3,(H,26,28)/b25-16-. The highest BCUT2D eigenvalue weighted by Gasteiger charge is 2.27. The SMILES string of the molecule is C/C(=N/NC(=O)CN(c1cccc(Cl)c1)S(=O)(=O)c1ccccc1)c1ccc(F)cc1. The summed E-state index contributed by atoms with van der Waals surface area (Å²) in [7, 11) is -4.04. The number of amides is 1. The number of sulfonamides is 1. The highest BCUT2D eigenvalue weighted by atomic mass is 35.5. The Labute approximate surface area is 185 Å². The summed E-state index contributed by atoms with van der Waals surface area (Å²) in [5, 5.41) is 4.32. The molecule has 0 aromatic heterocycles. The zero-order chi connectivity index (χ0) is 22.4. The lowest BCUT2D eigenvalue weighted by Gasteiger charge is -2.23. The first kappa shape index (κ1) is 22.5. The predicted molar refractivity (Wildman–Crippen MR) is 119 cm³/mol. The van der Waals surface area contributed by atoms with Crippen LogP contribution in [0.4, 0.5) is 10.1 Å². The van der Waals surface area contributed by atoms with Gasteiger partial charge < -0.3 is 0 Å². The number of halogens is 2. The highest BCUT2D eigenvalue weighted by molar-refractivity contribution is 7.92. The summed E-state index contributed by atoms with van der Waals surface area (Å²) in [5.74, 6) is -1.04. The Morgan fingerprint density at radius 1 is 1.03 bits per heavy atom. The van der Waals surface area contributed by atoms with Crippen molar-refractivity contribution in [2.75, 3.05) is 10.8 Å². The van der Waals surface area contributed by atoms with E-state index in [9.17, 15) is 17.6 Å². The molecule has 0 unspecified atom stereocenters. The molecule has 0 radical (unpaired) electrons. The average molecular weight is 460 g/mol. The summed E-state index contributed by atoms with van der Waals surface area (Å²) in [6.45, 7) is 1.13. The Hall–Kier alpha value is -3.23. The number of anilines is 1. The third-order valence-corrected chi connectivity index (χ3v) is 6.35. The average Bonchev–Trinajstić information content (AvgIpc) is 2.76. The van der Waals surface area contributed by atoms with Gasteiger partial charge in [0.15, 0.2) is 0 Å². The molecule has 1 amide bonds. The van der Waals surface area contributed by atoms with Crippen molar-refractivity contribution in [1.82, 2.24) is 5.43 Å². The summed E-state index contributed by atoms with van der Waals surface area (Å²) in [6.07, 6.45) is 0. The van der Waals surface area contributed by atoms with Crippen LogP contribution in [0.15, 0.2) is 88.9 Å². The van der Waals surface area contributed by atoms with Crippen molar-refractivity contribution in [3.05, 3.63) is 95.3 Å². The molecule has 0 bridgehead atoms. The Morgan fingerprint density at radius 3 is 2.35 bits per heavy atom. The zero-order valence-electron chi connectivity index (χ0n) is 16.5. The lowest BCUT2D eigenvalue weighted by molar-refractivity contribution is -0.119. The van der Waals surface area contributed by atoms with Crippen LogP contribution in [0.3, 0.4) is 0 Å². The van der Waals surface area contributed by atoms with Crippen LogP contribution in [0.2, 0.25) is 5.02 Å². The molecule has 3 aromatic rings. The van der Waals surface area contributed by atoms with Gasteiger partial charge in [-0.2, -0.15) is 5.10 Å². The minimum absolute atomic E-state index is 0.0359. The van der Waals surface area contributed by atoms with Crippen LogP contribution in [-0.2, 0) is 14.8 Å². The first-order valence-electron chi connectivity index (χ1n) is 9.20. The van der Waals surface area contributed by atoms with E-state index in [0.717, 1.165) is 4.31 Å². The smallest absolute Gasteiger partial charge is 0.264 e. The molecule has 31 heavy (non-hydrogen) atoms. The van der Waals surface area contributed by atoms with Gasteiger partial charge in [0.2, 0.25) is 0 Å². The molecule has 0 saturated carbocycles. The molecule has 0 aliphatic heterocycles. The fraction of sp³-hybridized carbons (Fsp3) is 0.0909. The molecule has 6 nitrogen and oxygen atoms in total. The van der Waals surface area contributed by atoms with Gasteiger partial charge in [0.1, 0.15) is 12.4 Å². The minimum atomic E-state index is -4.04. The Balaban J connectivity index is 1.86. The predicted octanol–water partition coefficient (Wildman–Crippen LogP) is 4.21. The Morgan fingerprint density at radius 2 is 1.71 bits per heavy atom. The van der Waals surface area contributed by atoms with Crippen LogP contribution in [0.25, 0.3) is 0 Å². The lowest BCUT2D eigenvalue weighted by Crippen LogP contribution is -2.39. The molecule has 9 heteroatoms. The van der Waals surface area contributed by atoms with E-state index in [1.54, 1.807) is 43.3 Å². The first-order valence-corrected chi connectivity index (χ1v) is 11.0. The summed E-state index contributed by atoms with van der Waals surface area (Å²) < 4.78 is 40.4. The second-order valence-electron chi connectivity index (χ2n) is 6.54. The van der Waals surface area contributed by atoms with Crippen LogP contribution in [0.1, 0.15) is 12.5 Å². The number of carbonyl (C=O) groups excluding carboxylic acids is 1. The second-order valence-corrected chi connectivity index (χ2v) is 8.84. The molecule has 160 valence electrons. The third kappa shape index (κ3) is 5.68. The van der Waals surface area contributed by atoms with Gasteiger partial charge in [-0.05, 0) is 55.0 Å². The molecule has 3 rings (SSSR count). The van der Waals surface area contributed by atoms with Crippen LogP contribution in [0.5, 0.6) is 0 Å². The van der Waals surface area contributed by atoms with Crippen LogP contribution < -0.4 is 9.73 Å². The summed E-state index contributed by atoms with van der Waals surface area (Å²) in [6, 6.07) is 19.6. The summed E-state index contributed by atoms with van der Waals surface area (Å²) >= 11 is 6.03. The van der Waals surface area contributed by atoms with Crippen molar-refractivity contribution in [2.24, 2.45) is 5.10 Å². The van der Waals surface area contributed by atoms with E-state index >= 15 is 0 Å². The first-order chi connectivity index (χ1) is 14.8. The van der Waals surface area contributed by atoms with Gasteiger partial charge >= 0.3 is 0 Å². The van der Waals surface area contributed by atoms with E-state index in [4.69, 9.17) is 11.6 Å². The molecule has 0 saturated heterocycles. The molecule has 0 atom stereocenters. The van der Waals surface area contributed by atoms with Crippen molar-refractivity contribution in [1.29, 1.82) is 0 Å². The Kier molecular flexibility index (Phi) is 7.04. The number of carbonyl (C=O) groups is 1. The van der Waals surface area contributed by atoms with Crippen molar-refractivity contribution in [3.63, 3.8) is 0 Å². The number of rotatable bonds is 7. The van der Waals surface area contributed by atoms with Gasteiger partial charge in [0.25, 0.3) is 15.9 Å². The van der Waals surface area contributed by atoms with Crippen molar-refractivity contribution < 1.29 is 17.6 Å². The normalized spacial score (nSPS) is 11.8. The van der Waals surface area contributed by atoms with E-state index in [1.165, 1.54) is 42.5 Å². The molecule has 0 aliphatic rings. The van der Waals surface area contributed by atoms with Crippen molar-refractivity contribution in [2.45, 2.75) is 11.8 Å². The number of nitrogens with one attached hydrogen (secondary N) is 1. The van der Waals surface area contributed by atoms with E-state index in [1.807, 2.05) is 0 Å². The zero-order valence-corrected chi connectivity index (χ0v) is 18.1. The van der Waals surface area contributed by atoms with Crippen LogP contribution >= 0.6 is 11.6 Å². The third-order valence-electron chi connectivity index (χ3n) is 4.32. The molecule has 1 N–H and O–H groups in total. The van der Waals surface area contributed by atoms with Gasteiger partial charge in [-0.15, -0.1) is 0 Å². The van der Waals surface area contributed by atoms with Gasteiger partial charge in [-0.25, -0.2) is 18.2 Å². The quantitative estimate of drug-likeness (QED) is 0.424. The molecule has 0 fully saturated rings. The molecule has 0 heterocycles. The maximum atomic E-state index is 13.2. The molecule has 0 aliphatic carbocycles. The van der Waals surface area contributed by atoms with E-state index in [-0.39, 0.29) is 16.4 Å². The molecule has 0 spiro atoms. The molecular weight excluding hydrogens is 441 g/mol. The second kappa shape index (κ2) is 9.72. The molecule has 3 aromatic carbocycles. The van der Waals surface area contributed by atoms with Gasteiger partial charge in [-0.1, -0.05) is 48.0 Å². The van der Waals surface area contributed by atoms with Gasteiger partial charge in [-0.3, -0.25) is 9.10 Å². The number of hydrogen-bond acceptors (Lipinski definition) is 4. The van der Waals surface area contributed by atoms with Crippen LogP contribution in [-0.4, -0.2) is 26.6 Å².